The molecule has 1 aromatic rings. The normalized spacial score (nSPS) is 26.1. The molecular formula is C10H9BrClF. The second-order valence-corrected chi connectivity index (χ2v) is 4.54. The number of hydrogen-bond donors (Lipinski definition) is 0. The molecule has 0 aromatic heterocycles. The Bertz CT molecular complexity index is 306. The molecule has 2 atom stereocenters. The van der Waals surface area contributed by atoms with Crippen molar-refractivity contribution < 1.29 is 4.39 Å². The Morgan fingerprint density at radius 3 is 2.77 bits per heavy atom. The van der Waals surface area contributed by atoms with E-state index in [1.807, 2.05) is 6.07 Å². The molecular weight excluding hydrogens is 254 g/mol. The van der Waals surface area contributed by atoms with Crippen LogP contribution in [-0.2, 0) is 0 Å². The van der Waals surface area contributed by atoms with Crippen LogP contribution in [0.5, 0.6) is 0 Å². The number of rotatable bonds is 2. The Balaban J connectivity index is 2.22. The van der Waals surface area contributed by atoms with Crippen molar-refractivity contribution in [3.63, 3.8) is 0 Å². The fraction of sp³-hybridized carbons (Fsp3) is 0.400. The number of halogens is 3. The zero-order chi connectivity index (χ0) is 9.42. The highest BCUT2D eigenvalue weighted by Gasteiger charge is 2.37. The first-order valence-electron chi connectivity index (χ1n) is 4.22. The maximum Gasteiger partial charge on any atom is 0.124 e. The van der Waals surface area contributed by atoms with Crippen molar-refractivity contribution in [2.75, 3.05) is 5.33 Å². The quantitative estimate of drug-likeness (QED) is 0.708. The lowest BCUT2D eigenvalue weighted by Gasteiger charge is -2.00. The summed E-state index contributed by atoms with van der Waals surface area (Å²) in [4.78, 5) is 0. The molecule has 70 valence electrons. The highest BCUT2D eigenvalue weighted by atomic mass is 79.9. The van der Waals surface area contributed by atoms with Gasteiger partial charge < -0.3 is 0 Å². The van der Waals surface area contributed by atoms with Gasteiger partial charge >= 0.3 is 0 Å². The Hall–Kier alpha value is -0.0800. The van der Waals surface area contributed by atoms with E-state index in [1.165, 1.54) is 6.07 Å². The van der Waals surface area contributed by atoms with Crippen LogP contribution in [0.25, 0.3) is 0 Å². The van der Waals surface area contributed by atoms with Gasteiger partial charge in [-0.25, -0.2) is 4.39 Å². The molecule has 1 aliphatic rings. The average Bonchev–Trinajstić information content (AvgIpc) is 2.80. The van der Waals surface area contributed by atoms with Gasteiger partial charge in [0.25, 0.3) is 0 Å². The molecule has 3 heteroatoms. The maximum atomic E-state index is 13.0. The van der Waals surface area contributed by atoms with Crippen molar-refractivity contribution in [3.05, 3.63) is 34.6 Å². The number of hydrogen-bond acceptors (Lipinski definition) is 0. The maximum absolute atomic E-state index is 13.0. The monoisotopic (exact) mass is 262 g/mol. The molecule has 1 aliphatic carbocycles. The Morgan fingerprint density at radius 1 is 1.46 bits per heavy atom. The zero-order valence-electron chi connectivity index (χ0n) is 6.93. The van der Waals surface area contributed by atoms with Gasteiger partial charge in [0.1, 0.15) is 5.82 Å². The molecule has 0 heterocycles. The molecule has 2 unspecified atom stereocenters. The first kappa shape index (κ1) is 9.47. The third-order valence-corrected chi connectivity index (χ3v) is 3.48. The Labute approximate surface area is 90.2 Å². The second-order valence-electron chi connectivity index (χ2n) is 3.46. The van der Waals surface area contributed by atoms with Crippen molar-refractivity contribution >= 4 is 27.5 Å². The van der Waals surface area contributed by atoms with Gasteiger partial charge in [-0.05, 0) is 42.0 Å². The van der Waals surface area contributed by atoms with Crippen LogP contribution < -0.4 is 0 Å². The van der Waals surface area contributed by atoms with E-state index < -0.39 is 0 Å². The van der Waals surface area contributed by atoms with Gasteiger partial charge in [0, 0.05) is 10.4 Å². The SMILES string of the molecule is Fc1cc(Cl)cc(C2CC2CBr)c1. The second kappa shape index (κ2) is 3.58. The molecule has 1 aromatic carbocycles. The van der Waals surface area contributed by atoms with Crippen molar-refractivity contribution in [2.24, 2.45) is 5.92 Å². The minimum absolute atomic E-state index is 0.234. The van der Waals surface area contributed by atoms with Crippen molar-refractivity contribution in [1.82, 2.24) is 0 Å². The summed E-state index contributed by atoms with van der Waals surface area (Å²) in [7, 11) is 0. The molecule has 1 saturated carbocycles. The zero-order valence-corrected chi connectivity index (χ0v) is 9.28. The van der Waals surface area contributed by atoms with Gasteiger partial charge in [0.2, 0.25) is 0 Å². The summed E-state index contributed by atoms with van der Waals surface area (Å²) in [6, 6.07) is 4.79. The lowest BCUT2D eigenvalue weighted by molar-refractivity contribution is 0.625. The molecule has 0 saturated heterocycles. The summed E-state index contributed by atoms with van der Waals surface area (Å²) in [6.45, 7) is 0. The standard InChI is InChI=1S/C10H9BrClF/c11-5-7-3-10(7)6-1-8(12)4-9(13)2-6/h1-2,4,7,10H,3,5H2. The third-order valence-electron chi connectivity index (χ3n) is 2.43. The van der Waals surface area contributed by atoms with E-state index in [9.17, 15) is 4.39 Å². The van der Waals surface area contributed by atoms with Crippen LogP contribution in [0.4, 0.5) is 4.39 Å². The van der Waals surface area contributed by atoms with Crippen LogP contribution in [0.1, 0.15) is 17.9 Å². The molecule has 0 N–H and O–H groups in total. The Morgan fingerprint density at radius 2 is 2.23 bits per heavy atom. The summed E-state index contributed by atoms with van der Waals surface area (Å²) in [6.07, 6.45) is 1.14. The summed E-state index contributed by atoms with van der Waals surface area (Å²) in [5.74, 6) is 0.938. The lowest BCUT2D eigenvalue weighted by Crippen LogP contribution is -1.86. The van der Waals surface area contributed by atoms with Crippen molar-refractivity contribution in [3.8, 4) is 0 Å². The molecule has 0 spiro atoms. The van der Waals surface area contributed by atoms with Gasteiger partial charge in [-0.3, -0.25) is 0 Å². The van der Waals surface area contributed by atoms with E-state index in [4.69, 9.17) is 11.6 Å². The van der Waals surface area contributed by atoms with Crippen LogP contribution in [0, 0.1) is 11.7 Å². The summed E-state index contributed by atoms with van der Waals surface area (Å²) < 4.78 is 13.0. The molecule has 1 fully saturated rings. The largest absolute Gasteiger partial charge is 0.207 e. The minimum Gasteiger partial charge on any atom is -0.207 e. The predicted octanol–water partition coefficient (Wildman–Crippen LogP) is 3.98. The molecule has 0 aliphatic heterocycles. The summed E-state index contributed by atoms with van der Waals surface area (Å²) >= 11 is 9.19. The summed E-state index contributed by atoms with van der Waals surface area (Å²) in [5.41, 5.74) is 1.04. The van der Waals surface area contributed by atoms with Crippen LogP contribution in [-0.4, -0.2) is 5.33 Å². The molecule has 0 bridgehead atoms. The van der Waals surface area contributed by atoms with E-state index in [-0.39, 0.29) is 5.82 Å². The average molecular weight is 264 g/mol. The predicted molar refractivity (Wildman–Crippen MR) is 56.1 cm³/mol. The number of benzene rings is 1. The summed E-state index contributed by atoms with van der Waals surface area (Å²) in [5, 5.41) is 1.49. The molecule has 0 nitrogen and oxygen atoms in total. The van der Waals surface area contributed by atoms with Crippen LogP contribution in [0.3, 0.4) is 0 Å². The number of alkyl halides is 1. The van der Waals surface area contributed by atoms with E-state index in [0.29, 0.717) is 16.9 Å². The molecule has 0 amide bonds. The highest BCUT2D eigenvalue weighted by Crippen LogP contribution is 2.48. The van der Waals surface area contributed by atoms with E-state index in [2.05, 4.69) is 15.9 Å². The third kappa shape index (κ3) is 2.05. The van der Waals surface area contributed by atoms with Gasteiger partial charge in [-0.1, -0.05) is 27.5 Å². The van der Waals surface area contributed by atoms with Gasteiger partial charge in [0.15, 0.2) is 0 Å². The highest BCUT2D eigenvalue weighted by molar-refractivity contribution is 9.09. The topological polar surface area (TPSA) is 0 Å². The van der Waals surface area contributed by atoms with Crippen molar-refractivity contribution in [2.45, 2.75) is 12.3 Å². The first-order chi connectivity index (χ1) is 6.20. The lowest BCUT2D eigenvalue weighted by atomic mass is 10.1. The van der Waals surface area contributed by atoms with E-state index in [0.717, 1.165) is 17.3 Å². The smallest absolute Gasteiger partial charge is 0.124 e. The van der Waals surface area contributed by atoms with Gasteiger partial charge in [-0.2, -0.15) is 0 Å². The molecule has 2 rings (SSSR count). The van der Waals surface area contributed by atoms with E-state index >= 15 is 0 Å². The van der Waals surface area contributed by atoms with Gasteiger partial charge in [0.05, 0.1) is 0 Å². The fourth-order valence-corrected chi connectivity index (χ4v) is 2.56. The van der Waals surface area contributed by atoms with Crippen LogP contribution >= 0.6 is 27.5 Å². The molecule has 0 radical (unpaired) electrons. The first-order valence-corrected chi connectivity index (χ1v) is 5.72. The Kier molecular flexibility index (Phi) is 2.61. The van der Waals surface area contributed by atoms with Gasteiger partial charge in [-0.15, -0.1) is 0 Å². The minimum atomic E-state index is -0.234. The molecule has 13 heavy (non-hydrogen) atoms. The van der Waals surface area contributed by atoms with E-state index in [1.54, 1.807) is 6.07 Å². The fourth-order valence-electron chi connectivity index (χ4n) is 1.62. The van der Waals surface area contributed by atoms with Crippen LogP contribution in [0.2, 0.25) is 5.02 Å². The van der Waals surface area contributed by atoms with Crippen molar-refractivity contribution in [1.29, 1.82) is 0 Å². The van der Waals surface area contributed by atoms with Crippen LogP contribution in [0.15, 0.2) is 18.2 Å².